The van der Waals surface area contributed by atoms with Gasteiger partial charge in [0.2, 0.25) is 5.95 Å². The topological polar surface area (TPSA) is 29.0 Å². The molecule has 1 aromatic heterocycles. The largest absolute Gasteiger partial charge is 0.344 e. The molecule has 0 aromatic carbocycles. The van der Waals surface area contributed by atoms with E-state index in [1.807, 2.05) is 7.05 Å². The molecule has 0 aliphatic heterocycles. The smallest absolute Gasteiger partial charge is 0.225 e. The molecule has 0 radical (unpaired) electrons. The molecule has 0 aliphatic rings. The second-order valence-corrected chi connectivity index (χ2v) is 4.67. The highest BCUT2D eigenvalue weighted by Gasteiger charge is 2.02. The van der Waals surface area contributed by atoms with E-state index in [4.69, 9.17) is 11.6 Å². The van der Waals surface area contributed by atoms with Crippen LogP contribution < -0.4 is 4.90 Å². The van der Waals surface area contributed by atoms with Crippen LogP contribution >= 0.6 is 27.5 Å². The van der Waals surface area contributed by atoms with Crippen molar-refractivity contribution in [2.75, 3.05) is 24.4 Å². The van der Waals surface area contributed by atoms with Crippen LogP contribution in [0.3, 0.4) is 0 Å². The lowest BCUT2D eigenvalue weighted by atomic mass is 10.2. The standard InChI is InChI=1S/C10H15BrClN3/c1-15(6-4-2-3-5-12)10-13-7-9(11)8-14-10/h7-8H,2-6H2,1H3. The van der Waals surface area contributed by atoms with Crippen LogP contribution in [0, 0.1) is 0 Å². The lowest BCUT2D eigenvalue weighted by Crippen LogP contribution is -2.20. The minimum atomic E-state index is 0.749. The van der Waals surface area contributed by atoms with Crippen LogP contribution in [0.5, 0.6) is 0 Å². The third kappa shape index (κ3) is 4.80. The molecule has 0 atom stereocenters. The van der Waals surface area contributed by atoms with Crippen molar-refractivity contribution < 1.29 is 0 Å². The minimum Gasteiger partial charge on any atom is -0.344 e. The molecule has 0 bridgehead atoms. The summed E-state index contributed by atoms with van der Waals surface area (Å²) in [5.74, 6) is 1.52. The summed E-state index contributed by atoms with van der Waals surface area (Å²) in [6.07, 6.45) is 6.89. The van der Waals surface area contributed by atoms with Gasteiger partial charge in [-0.05, 0) is 28.8 Å². The summed E-state index contributed by atoms with van der Waals surface area (Å²) in [7, 11) is 2.00. The van der Waals surface area contributed by atoms with Crippen LogP contribution in [0.15, 0.2) is 16.9 Å². The summed E-state index contributed by atoms with van der Waals surface area (Å²) < 4.78 is 0.904. The molecule has 0 fully saturated rings. The SMILES string of the molecule is CN(CCCCCCl)c1ncc(Br)cn1. The Kier molecular flexibility index (Phi) is 5.95. The number of aromatic nitrogens is 2. The highest BCUT2D eigenvalue weighted by atomic mass is 79.9. The van der Waals surface area contributed by atoms with Gasteiger partial charge in [-0.25, -0.2) is 9.97 Å². The predicted octanol–water partition coefficient (Wildman–Crippen LogP) is 3.08. The Morgan fingerprint density at radius 1 is 1.27 bits per heavy atom. The highest BCUT2D eigenvalue weighted by molar-refractivity contribution is 9.10. The van der Waals surface area contributed by atoms with E-state index < -0.39 is 0 Å². The Hall–Kier alpha value is -0.350. The fourth-order valence-corrected chi connectivity index (χ4v) is 1.62. The summed E-state index contributed by atoms with van der Waals surface area (Å²) in [5, 5.41) is 0. The van der Waals surface area contributed by atoms with Gasteiger partial charge in [0.15, 0.2) is 0 Å². The maximum Gasteiger partial charge on any atom is 0.225 e. The number of anilines is 1. The van der Waals surface area contributed by atoms with E-state index in [1.165, 1.54) is 0 Å². The molecule has 0 amide bonds. The van der Waals surface area contributed by atoms with Crippen molar-refractivity contribution >= 4 is 33.5 Å². The van der Waals surface area contributed by atoms with Gasteiger partial charge < -0.3 is 4.90 Å². The monoisotopic (exact) mass is 291 g/mol. The van der Waals surface area contributed by atoms with E-state index >= 15 is 0 Å². The van der Waals surface area contributed by atoms with E-state index in [0.717, 1.165) is 42.1 Å². The molecule has 5 heteroatoms. The Morgan fingerprint density at radius 3 is 2.53 bits per heavy atom. The van der Waals surface area contributed by atoms with Crippen molar-refractivity contribution in [3.8, 4) is 0 Å². The number of halogens is 2. The second-order valence-electron chi connectivity index (χ2n) is 3.37. The van der Waals surface area contributed by atoms with Crippen LogP contribution in [0.25, 0.3) is 0 Å². The Bertz CT molecular complexity index is 279. The highest BCUT2D eigenvalue weighted by Crippen LogP contribution is 2.10. The van der Waals surface area contributed by atoms with Crippen molar-refractivity contribution in [2.24, 2.45) is 0 Å². The van der Waals surface area contributed by atoms with E-state index in [-0.39, 0.29) is 0 Å². The zero-order valence-corrected chi connectivity index (χ0v) is 11.1. The first-order valence-electron chi connectivity index (χ1n) is 4.98. The zero-order chi connectivity index (χ0) is 11.1. The predicted molar refractivity (Wildman–Crippen MR) is 67.6 cm³/mol. The molecule has 15 heavy (non-hydrogen) atoms. The third-order valence-corrected chi connectivity index (χ3v) is 2.75. The average molecular weight is 293 g/mol. The first-order chi connectivity index (χ1) is 7.24. The number of hydrogen-bond donors (Lipinski definition) is 0. The zero-order valence-electron chi connectivity index (χ0n) is 8.79. The molecular weight excluding hydrogens is 277 g/mol. The van der Waals surface area contributed by atoms with Gasteiger partial charge in [0.1, 0.15) is 0 Å². The van der Waals surface area contributed by atoms with E-state index in [9.17, 15) is 0 Å². The number of hydrogen-bond acceptors (Lipinski definition) is 3. The molecule has 1 heterocycles. The normalized spacial score (nSPS) is 10.3. The van der Waals surface area contributed by atoms with Gasteiger partial charge in [0, 0.05) is 31.9 Å². The van der Waals surface area contributed by atoms with Crippen molar-refractivity contribution in [3.05, 3.63) is 16.9 Å². The molecule has 0 saturated carbocycles. The fourth-order valence-electron chi connectivity index (χ4n) is 1.22. The Balaban J connectivity index is 2.33. The van der Waals surface area contributed by atoms with Crippen molar-refractivity contribution in [1.82, 2.24) is 9.97 Å². The van der Waals surface area contributed by atoms with Crippen molar-refractivity contribution in [3.63, 3.8) is 0 Å². The number of nitrogens with zero attached hydrogens (tertiary/aromatic N) is 3. The van der Waals surface area contributed by atoms with E-state index in [0.29, 0.717) is 0 Å². The third-order valence-electron chi connectivity index (χ3n) is 2.08. The quantitative estimate of drug-likeness (QED) is 0.596. The van der Waals surface area contributed by atoms with Crippen molar-refractivity contribution in [1.29, 1.82) is 0 Å². The molecule has 0 N–H and O–H groups in total. The van der Waals surface area contributed by atoms with Gasteiger partial charge >= 0.3 is 0 Å². The second kappa shape index (κ2) is 7.01. The van der Waals surface area contributed by atoms with Gasteiger partial charge in [-0.3, -0.25) is 0 Å². The maximum atomic E-state index is 5.61. The Labute approximate surface area is 104 Å². The van der Waals surface area contributed by atoms with Crippen molar-refractivity contribution in [2.45, 2.75) is 19.3 Å². The average Bonchev–Trinajstić information content (AvgIpc) is 2.25. The molecule has 1 aromatic rings. The minimum absolute atomic E-state index is 0.749. The van der Waals surface area contributed by atoms with Gasteiger partial charge in [-0.1, -0.05) is 6.42 Å². The van der Waals surface area contributed by atoms with E-state index in [2.05, 4.69) is 30.8 Å². The first-order valence-corrected chi connectivity index (χ1v) is 6.31. The summed E-state index contributed by atoms with van der Waals surface area (Å²) in [6.45, 7) is 0.971. The maximum absolute atomic E-state index is 5.61. The number of alkyl halides is 1. The summed E-state index contributed by atoms with van der Waals surface area (Å²) >= 11 is 8.92. The van der Waals surface area contributed by atoms with Crippen LogP contribution in [0.1, 0.15) is 19.3 Å². The van der Waals surface area contributed by atoms with Gasteiger partial charge in [0.25, 0.3) is 0 Å². The summed E-state index contributed by atoms with van der Waals surface area (Å²) in [4.78, 5) is 10.5. The van der Waals surface area contributed by atoms with E-state index in [1.54, 1.807) is 12.4 Å². The fraction of sp³-hybridized carbons (Fsp3) is 0.600. The molecule has 0 unspecified atom stereocenters. The molecule has 3 nitrogen and oxygen atoms in total. The Morgan fingerprint density at radius 2 is 1.93 bits per heavy atom. The van der Waals surface area contributed by atoms with Crippen LogP contribution in [-0.2, 0) is 0 Å². The lowest BCUT2D eigenvalue weighted by Gasteiger charge is -2.16. The molecule has 0 saturated heterocycles. The van der Waals surface area contributed by atoms with Crippen LogP contribution in [-0.4, -0.2) is 29.4 Å². The number of unbranched alkanes of at least 4 members (excludes halogenated alkanes) is 2. The summed E-state index contributed by atoms with van der Waals surface area (Å²) in [6, 6.07) is 0. The molecule has 84 valence electrons. The molecule has 0 spiro atoms. The summed E-state index contributed by atoms with van der Waals surface area (Å²) in [5.41, 5.74) is 0. The van der Waals surface area contributed by atoms with Crippen LogP contribution in [0.4, 0.5) is 5.95 Å². The molecule has 0 aliphatic carbocycles. The van der Waals surface area contributed by atoms with Gasteiger partial charge in [-0.2, -0.15) is 0 Å². The number of rotatable bonds is 6. The molecule has 1 rings (SSSR count). The van der Waals surface area contributed by atoms with Crippen LogP contribution in [0.2, 0.25) is 0 Å². The first kappa shape index (κ1) is 12.7. The van der Waals surface area contributed by atoms with Gasteiger partial charge in [-0.15, -0.1) is 11.6 Å². The van der Waals surface area contributed by atoms with Gasteiger partial charge in [0.05, 0.1) is 4.47 Å². The molecular formula is C10H15BrClN3. The lowest BCUT2D eigenvalue weighted by molar-refractivity contribution is 0.698.